The summed E-state index contributed by atoms with van der Waals surface area (Å²) in [5.74, 6) is 1.46. The quantitative estimate of drug-likeness (QED) is 0.710. The van der Waals surface area contributed by atoms with E-state index in [4.69, 9.17) is 9.72 Å². The number of hydrogen-bond donors (Lipinski definition) is 1. The monoisotopic (exact) mass is 293 g/mol. The number of nitrogens with one attached hydrogen (secondary N) is 1. The number of aromatic nitrogens is 1. The third-order valence-corrected chi connectivity index (χ3v) is 3.36. The fourth-order valence-corrected chi connectivity index (χ4v) is 1.97. The summed E-state index contributed by atoms with van der Waals surface area (Å²) in [7, 11) is 2.07. The first-order valence-electron chi connectivity index (χ1n) is 7.97. The average molecular weight is 293 g/mol. The third kappa shape index (κ3) is 6.44. The van der Waals surface area contributed by atoms with Crippen molar-refractivity contribution in [3.63, 3.8) is 0 Å². The zero-order valence-electron chi connectivity index (χ0n) is 14.4. The molecule has 1 aromatic heterocycles. The van der Waals surface area contributed by atoms with Gasteiger partial charge in [-0.2, -0.15) is 0 Å². The van der Waals surface area contributed by atoms with Gasteiger partial charge in [0, 0.05) is 38.5 Å². The molecule has 0 saturated carbocycles. The Morgan fingerprint density at radius 3 is 2.52 bits per heavy atom. The molecular weight excluding hydrogens is 262 g/mol. The number of hydrogen-bond acceptors (Lipinski definition) is 4. The lowest BCUT2D eigenvalue weighted by Crippen LogP contribution is -2.25. The summed E-state index contributed by atoms with van der Waals surface area (Å²) in [5, 5.41) is 3.48. The van der Waals surface area contributed by atoms with E-state index < -0.39 is 0 Å². The highest BCUT2D eigenvalue weighted by molar-refractivity contribution is 5.42. The van der Waals surface area contributed by atoms with E-state index in [0.717, 1.165) is 37.8 Å². The summed E-state index contributed by atoms with van der Waals surface area (Å²) in [5.41, 5.74) is 2.44. The molecule has 0 fully saturated rings. The van der Waals surface area contributed by atoms with Crippen molar-refractivity contribution in [2.24, 2.45) is 0 Å². The molecule has 4 heteroatoms. The minimum absolute atomic E-state index is 0.433. The van der Waals surface area contributed by atoms with E-state index in [9.17, 15) is 0 Å². The van der Waals surface area contributed by atoms with E-state index in [2.05, 4.69) is 57.1 Å². The molecule has 0 atom stereocenters. The maximum atomic E-state index is 5.43. The highest BCUT2D eigenvalue weighted by Gasteiger charge is 2.10. The molecule has 0 amide bonds. The fourth-order valence-electron chi connectivity index (χ4n) is 1.97. The van der Waals surface area contributed by atoms with Gasteiger partial charge in [-0.15, -0.1) is 0 Å². The second-order valence-electron chi connectivity index (χ2n) is 6.07. The first-order valence-corrected chi connectivity index (χ1v) is 7.97. The fraction of sp³-hybridized carbons (Fsp3) is 0.706. The van der Waals surface area contributed by atoms with Crippen molar-refractivity contribution in [3.05, 3.63) is 23.4 Å². The van der Waals surface area contributed by atoms with Crippen molar-refractivity contribution in [2.75, 3.05) is 31.7 Å². The van der Waals surface area contributed by atoms with Crippen molar-refractivity contribution in [2.45, 2.75) is 53.1 Å². The van der Waals surface area contributed by atoms with Gasteiger partial charge in [-0.25, -0.2) is 4.98 Å². The summed E-state index contributed by atoms with van der Waals surface area (Å²) < 4.78 is 5.43. The van der Waals surface area contributed by atoms with Crippen molar-refractivity contribution >= 4 is 5.82 Å². The maximum Gasteiger partial charge on any atom is 0.128 e. The molecule has 0 radical (unpaired) electrons. The van der Waals surface area contributed by atoms with Gasteiger partial charge >= 0.3 is 0 Å². The first kappa shape index (κ1) is 17.9. The zero-order chi connectivity index (χ0) is 15.8. The van der Waals surface area contributed by atoms with Crippen LogP contribution in [0.1, 0.15) is 51.8 Å². The Bertz CT molecular complexity index is 418. The van der Waals surface area contributed by atoms with E-state index in [1.165, 1.54) is 5.56 Å². The molecule has 4 nitrogen and oxygen atoms in total. The molecule has 120 valence electrons. The van der Waals surface area contributed by atoms with Crippen LogP contribution >= 0.6 is 0 Å². The summed E-state index contributed by atoms with van der Waals surface area (Å²) >= 11 is 0. The second kappa shape index (κ2) is 9.00. The predicted octanol–water partition coefficient (Wildman–Crippen LogP) is 3.18. The number of ether oxygens (including phenoxy) is 1. The molecule has 21 heavy (non-hydrogen) atoms. The molecule has 0 aliphatic rings. The molecule has 1 rings (SSSR count). The lowest BCUT2D eigenvalue weighted by molar-refractivity contribution is 0.154. The number of anilines is 1. The SMILES string of the molecule is CCOCCN(C)c1cc(CNC(C)C)cc(C(C)C)n1. The Labute approximate surface area is 129 Å². The topological polar surface area (TPSA) is 37.4 Å². The van der Waals surface area contributed by atoms with Crippen LogP contribution in [-0.2, 0) is 11.3 Å². The van der Waals surface area contributed by atoms with Gasteiger partial charge in [0.1, 0.15) is 5.82 Å². The number of nitrogens with zero attached hydrogens (tertiary/aromatic N) is 2. The summed E-state index contributed by atoms with van der Waals surface area (Å²) in [6.07, 6.45) is 0. The molecule has 1 heterocycles. The van der Waals surface area contributed by atoms with Gasteiger partial charge in [-0.05, 0) is 30.5 Å². The number of likely N-dealkylation sites (N-methyl/N-ethyl adjacent to an activating group) is 1. The van der Waals surface area contributed by atoms with Crippen LogP contribution in [0.3, 0.4) is 0 Å². The Morgan fingerprint density at radius 2 is 1.95 bits per heavy atom. The normalized spacial score (nSPS) is 11.4. The summed E-state index contributed by atoms with van der Waals surface area (Å²) in [4.78, 5) is 6.95. The molecule has 0 saturated heterocycles. The van der Waals surface area contributed by atoms with Crippen LogP contribution in [0.15, 0.2) is 12.1 Å². The van der Waals surface area contributed by atoms with Gasteiger partial charge in [-0.3, -0.25) is 0 Å². The van der Waals surface area contributed by atoms with Crippen LogP contribution in [-0.4, -0.2) is 37.8 Å². The van der Waals surface area contributed by atoms with E-state index in [0.29, 0.717) is 12.0 Å². The highest BCUT2D eigenvalue weighted by Crippen LogP contribution is 2.19. The van der Waals surface area contributed by atoms with E-state index in [-0.39, 0.29) is 0 Å². The molecule has 0 spiro atoms. The number of rotatable bonds is 9. The van der Waals surface area contributed by atoms with Gasteiger partial charge in [0.15, 0.2) is 0 Å². The average Bonchev–Trinajstić information content (AvgIpc) is 2.44. The maximum absolute atomic E-state index is 5.43. The predicted molar refractivity (Wildman–Crippen MR) is 90.1 cm³/mol. The largest absolute Gasteiger partial charge is 0.380 e. The molecule has 1 aromatic rings. The minimum atomic E-state index is 0.433. The van der Waals surface area contributed by atoms with Gasteiger partial charge in [-0.1, -0.05) is 27.7 Å². The smallest absolute Gasteiger partial charge is 0.128 e. The van der Waals surface area contributed by atoms with Crippen molar-refractivity contribution in [1.29, 1.82) is 0 Å². The Kier molecular flexibility index (Phi) is 7.68. The zero-order valence-corrected chi connectivity index (χ0v) is 14.4. The van der Waals surface area contributed by atoms with E-state index in [1.54, 1.807) is 0 Å². The van der Waals surface area contributed by atoms with Crippen LogP contribution in [0.4, 0.5) is 5.82 Å². The second-order valence-corrected chi connectivity index (χ2v) is 6.07. The number of pyridine rings is 1. The molecule has 0 aliphatic carbocycles. The standard InChI is InChI=1S/C17H31N3O/c1-7-21-9-8-20(6)17-11-15(12-18-14(4)5)10-16(19-17)13(2)3/h10-11,13-14,18H,7-9,12H2,1-6H3. The van der Waals surface area contributed by atoms with Gasteiger partial charge in [0.2, 0.25) is 0 Å². The van der Waals surface area contributed by atoms with Crippen LogP contribution in [0.5, 0.6) is 0 Å². The van der Waals surface area contributed by atoms with Gasteiger partial charge < -0.3 is 15.0 Å². The molecule has 1 N–H and O–H groups in total. The summed E-state index contributed by atoms with van der Waals surface area (Å²) in [6.45, 7) is 14.0. The Hall–Kier alpha value is -1.13. The van der Waals surface area contributed by atoms with Gasteiger partial charge in [0.25, 0.3) is 0 Å². The summed E-state index contributed by atoms with van der Waals surface area (Å²) in [6, 6.07) is 4.87. The molecule has 0 aromatic carbocycles. The van der Waals surface area contributed by atoms with Gasteiger partial charge in [0.05, 0.1) is 6.61 Å². The van der Waals surface area contributed by atoms with Crippen molar-refractivity contribution in [1.82, 2.24) is 10.3 Å². The highest BCUT2D eigenvalue weighted by atomic mass is 16.5. The lowest BCUT2D eigenvalue weighted by atomic mass is 10.1. The first-order chi connectivity index (χ1) is 9.93. The Morgan fingerprint density at radius 1 is 1.24 bits per heavy atom. The molecule has 0 bridgehead atoms. The van der Waals surface area contributed by atoms with Crippen LogP contribution in [0.25, 0.3) is 0 Å². The third-order valence-electron chi connectivity index (χ3n) is 3.36. The van der Waals surface area contributed by atoms with Crippen molar-refractivity contribution in [3.8, 4) is 0 Å². The Balaban J connectivity index is 2.85. The van der Waals surface area contributed by atoms with Crippen LogP contribution < -0.4 is 10.2 Å². The lowest BCUT2D eigenvalue weighted by Gasteiger charge is -2.21. The molecular formula is C17H31N3O. The van der Waals surface area contributed by atoms with E-state index in [1.807, 2.05) is 6.92 Å². The van der Waals surface area contributed by atoms with Crippen molar-refractivity contribution < 1.29 is 4.74 Å². The van der Waals surface area contributed by atoms with Crippen LogP contribution in [0.2, 0.25) is 0 Å². The molecule has 0 unspecified atom stereocenters. The minimum Gasteiger partial charge on any atom is -0.380 e. The molecule has 0 aliphatic heterocycles. The van der Waals surface area contributed by atoms with E-state index >= 15 is 0 Å². The van der Waals surface area contributed by atoms with Crippen LogP contribution in [0, 0.1) is 0 Å².